The predicted molar refractivity (Wildman–Crippen MR) is 116 cm³/mol. The van der Waals surface area contributed by atoms with E-state index >= 15 is 0 Å². The maximum absolute atomic E-state index is 6.20. The zero-order valence-corrected chi connectivity index (χ0v) is 18.2. The van der Waals surface area contributed by atoms with E-state index in [0.29, 0.717) is 0 Å². The van der Waals surface area contributed by atoms with Crippen LogP contribution in [-0.2, 0) is 4.84 Å². The first-order valence-electron chi connectivity index (χ1n) is 10.5. The highest BCUT2D eigenvalue weighted by Crippen LogP contribution is 2.29. The zero-order chi connectivity index (χ0) is 20.1. The first-order chi connectivity index (χ1) is 13.5. The second-order valence-corrected chi connectivity index (χ2v) is 8.12. The van der Waals surface area contributed by atoms with Gasteiger partial charge in [-0.3, -0.25) is 9.74 Å². The molecule has 5 heteroatoms. The Bertz CT molecular complexity index is 710. The van der Waals surface area contributed by atoms with Crippen LogP contribution in [0, 0.1) is 0 Å². The molecule has 1 fully saturated rings. The van der Waals surface area contributed by atoms with Crippen molar-refractivity contribution in [2.24, 2.45) is 0 Å². The summed E-state index contributed by atoms with van der Waals surface area (Å²) in [5.74, 6) is 0. The lowest BCUT2D eigenvalue weighted by molar-refractivity contribution is -0.114. The van der Waals surface area contributed by atoms with Crippen molar-refractivity contribution < 1.29 is 4.84 Å². The fourth-order valence-electron chi connectivity index (χ4n) is 4.02. The number of likely N-dealkylation sites (tertiary alicyclic amines) is 1. The Morgan fingerprint density at radius 1 is 1.29 bits per heavy atom. The van der Waals surface area contributed by atoms with Crippen molar-refractivity contribution in [3.8, 4) is 0 Å². The van der Waals surface area contributed by atoms with E-state index in [-0.39, 0.29) is 6.10 Å². The summed E-state index contributed by atoms with van der Waals surface area (Å²) in [5, 5.41) is 5.15. The lowest BCUT2D eigenvalue weighted by Gasteiger charge is -2.33. The average molecular weight is 385 g/mol. The molecule has 154 valence electrons. The molecule has 3 aliphatic heterocycles. The first-order valence-corrected chi connectivity index (χ1v) is 10.5. The number of nitrogens with zero attached hydrogens (tertiary/aromatic N) is 3. The van der Waals surface area contributed by atoms with Crippen LogP contribution in [0.4, 0.5) is 0 Å². The monoisotopic (exact) mass is 384 g/mol. The molecule has 1 saturated heterocycles. The van der Waals surface area contributed by atoms with Crippen molar-refractivity contribution in [1.82, 2.24) is 20.2 Å². The summed E-state index contributed by atoms with van der Waals surface area (Å²) in [6, 6.07) is 0. The molecule has 0 bridgehead atoms. The molecule has 0 aromatic heterocycles. The minimum atomic E-state index is -0.00186. The van der Waals surface area contributed by atoms with Crippen LogP contribution >= 0.6 is 0 Å². The van der Waals surface area contributed by atoms with E-state index in [2.05, 4.69) is 67.2 Å². The molecule has 0 amide bonds. The van der Waals surface area contributed by atoms with Gasteiger partial charge in [-0.25, -0.2) is 5.06 Å². The molecule has 3 rings (SSSR count). The van der Waals surface area contributed by atoms with Crippen molar-refractivity contribution in [1.29, 1.82) is 0 Å². The lowest BCUT2D eigenvalue weighted by Crippen LogP contribution is -2.32. The number of hydroxylamine groups is 2. The molecular weight excluding hydrogens is 348 g/mol. The Balaban J connectivity index is 1.83. The molecule has 0 spiro atoms. The van der Waals surface area contributed by atoms with Gasteiger partial charge in [-0.15, -0.1) is 0 Å². The van der Waals surface area contributed by atoms with Gasteiger partial charge in [-0.05, 0) is 64.9 Å². The van der Waals surface area contributed by atoms with Gasteiger partial charge in [0, 0.05) is 50.4 Å². The SMILES string of the molecule is CNC1=CC(C)ON(C2=CCN(C)C(C)=C2/C=C(\C)CN2CCCCC2)C=C1. The van der Waals surface area contributed by atoms with Crippen LogP contribution in [0.25, 0.3) is 0 Å². The molecule has 0 saturated carbocycles. The van der Waals surface area contributed by atoms with E-state index in [1.807, 2.05) is 18.3 Å². The molecule has 0 aliphatic carbocycles. The van der Waals surface area contributed by atoms with Gasteiger partial charge in [0.1, 0.15) is 6.10 Å². The Morgan fingerprint density at radius 3 is 2.75 bits per heavy atom. The molecule has 28 heavy (non-hydrogen) atoms. The van der Waals surface area contributed by atoms with Crippen LogP contribution < -0.4 is 5.32 Å². The van der Waals surface area contributed by atoms with Gasteiger partial charge in [0.2, 0.25) is 0 Å². The van der Waals surface area contributed by atoms with Crippen LogP contribution in [0.5, 0.6) is 0 Å². The Hall–Kier alpha value is -1.98. The maximum Gasteiger partial charge on any atom is 0.104 e. The third kappa shape index (κ3) is 5.09. The molecule has 1 unspecified atom stereocenters. The van der Waals surface area contributed by atoms with Gasteiger partial charge in [0.25, 0.3) is 0 Å². The van der Waals surface area contributed by atoms with E-state index in [0.717, 1.165) is 24.5 Å². The summed E-state index contributed by atoms with van der Waals surface area (Å²) in [6.45, 7) is 10.9. The van der Waals surface area contributed by atoms with Crippen molar-refractivity contribution in [3.63, 3.8) is 0 Å². The maximum atomic E-state index is 6.20. The van der Waals surface area contributed by atoms with Crippen molar-refractivity contribution in [2.45, 2.75) is 46.1 Å². The fraction of sp³-hybridized carbons (Fsp3) is 0.565. The average Bonchev–Trinajstić information content (AvgIpc) is 2.87. The number of rotatable bonds is 5. The van der Waals surface area contributed by atoms with Crippen LogP contribution in [0.15, 0.2) is 58.7 Å². The number of likely N-dealkylation sites (N-methyl/N-ethyl adjacent to an activating group) is 2. The molecule has 0 aromatic carbocycles. The van der Waals surface area contributed by atoms with Crippen LogP contribution in [0.2, 0.25) is 0 Å². The molecular formula is C23H36N4O. The minimum Gasteiger partial charge on any atom is -0.388 e. The first kappa shape index (κ1) is 20.7. The summed E-state index contributed by atoms with van der Waals surface area (Å²) >= 11 is 0. The van der Waals surface area contributed by atoms with Crippen LogP contribution in [0.3, 0.4) is 0 Å². The highest BCUT2D eigenvalue weighted by atomic mass is 16.7. The molecule has 3 heterocycles. The summed E-state index contributed by atoms with van der Waals surface area (Å²) in [4.78, 5) is 11.1. The van der Waals surface area contributed by atoms with E-state index in [9.17, 15) is 0 Å². The summed E-state index contributed by atoms with van der Waals surface area (Å²) in [7, 11) is 4.09. The molecule has 5 nitrogen and oxygen atoms in total. The van der Waals surface area contributed by atoms with E-state index in [1.54, 1.807) is 0 Å². The highest BCUT2D eigenvalue weighted by molar-refractivity contribution is 5.46. The normalized spacial score (nSPS) is 24.9. The number of nitrogens with one attached hydrogen (secondary N) is 1. The Kier molecular flexibility index (Phi) is 7.03. The summed E-state index contributed by atoms with van der Waals surface area (Å²) < 4.78 is 0. The van der Waals surface area contributed by atoms with Gasteiger partial charge in [0.05, 0.1) is 5.70 Å². The largest absolute Gasteiger partial charge is 0.388 e. The second-order valence-electron chi connectivity index (χ2n) is 8.12. The topological polar surface area (TPSA) is 31.0 Å². The quantitative estimate of drug-likeness (QED) is 0.780. The Labute approximate surface area is 170 Å². The van der Waals surface area contributed by atoms with Crippen molar-refractivity contribution in [2.75, 3.05) is 40.3 Å². The standard InChI is InChI=1S/C23H36N4O/c1-18(17-26-11-7-6-8-12-26)15-22-20(3)25(5)13-10-23(22)27-14-9-21(24-4)16-19(2)28-27/h9-10,14-16,19,24H,6-8,11-13,17H2,1-5H3/b18-15+. The third-order valence-corrected chi connectivity index (χ3v) is 5.72. The highest BCUT2D eigenvalue weighted by Gasteiger charge is 2.23. The lowest BCUT2D eigenvalue weighted by atomic mass is 10.0. The van der Waals surface area contributed by atoms with Crippen molar-refractivity contribution >= 4 is 0 Å². The van der Waals surface area contributed by atoms with Crippen LogP contribution in [0.1, 0.15) is 40.0 Å². The predicted octanol–water partition coefficient (Wildman–Crippen LogP) is 3.77. The van der Waals surface area contributed by atoms with Crippen molar-refractivity contribution in [3.05, 3.63) is 58.7 Å². The minimum absolute atomic E-state index is 0.00186. The zero-order valence-electron chi connectivity index (χ0n) is 18.2. The molecule has 0 radical (unpaired) electrons. The Morgan fingerprint density at radius 2 is 2.04 bits per heavy atom. The summed E-state index contributed by atoms with van der Waals surface area (Å²) in [6.07, 6.45) is 14.8. The number of hydrogen-bond donors (Lipinski definition) is 1. The number of hydrogen-bond acceptors (Lipinski definition) is 5. The van der Waals surface area contributed by atoms with E-state index < -0.39 is 0 Å². The van der Waals surface area contributed by atoms with E-state index in [1.165, 1.54) is 49.2 Å². The molecule has 0 aromatic rings. The van der Waals surface area contributed by atoms with Gasteiger partial charge in [-0.2, -0.15) is 0 Å². The second kappa shape index (κ2) is 9.48. The fourth-order valence-corrected chi connectivity index (χ4v) is 4.02. The van der Waals surface area contributed by atoms with Gasteiger partial charge in [-0.1, -0.05) is 18.1 Å². The molecule has 1 atom stereocenters. The van der Waals surface area contributed by atoms with Gasteiger partial charge >= 0.3 is 0 Å². The van der Waals surface area contributed by atoms with Gasteiger partial charge in [0.15, 0.2) is 0 Å². The molecule has 3 aliphatic rings. The van der Waals surface area contributed by atoms with Gasteiger partial charge < -0.3 is 10.2 Å². The smallest absolute Gasteiger partial charge is 0.104 e. The molecule has 1 N–H and O–H groups in total. The van der Waals surface area contributed by atoms with E-state index in [4.69, 9.17) is 4.84 Å². The number of allylic oxidation sites excluding steroid dienone is 3. The number of piperidine rings is 1. The summed E-state index contributed by atoms with van der Waals surface area (Å²) in [5.41, 5.74) is 6.13. The third-order valence-electron chi connectivity index (χ3n) is 5.72. The van der Waals surface area contributed by atoms with Crippen LogP contribution in [-0.4, -0.2) is 61.2 Å².